The summed E-state index contributed by atoms with van der Waals surface area (Å²) in [6.07, 6.45) is 3.06. The fourth-order valence-corrected chi connectivity index (χ4v) is 3.78. The van der Waals surface area contributed by atoms with E-state index < -0.39 is 10.0 Å². The Labute approximate surface area is 134 Å². The van der Waals surface area contributed by atoms with Crippen molar-refractivity contribution >= 4 is 10.0 Å². The number of nitrogens with one attached hydrogen (secondary N) is 2. The summed E-state index contributed by atoms with van der Waals surface area (Å²) < 4.78 is 27.3. The lowest BCUT2D eigenvalue weighted by Crippen LogP contribution is -2.27. The summed E-state index contributed by atoms with van der Waals surface area (Å²) in [6.45, 7) is 9.05. The minimum absolute atomic E-state index is 0.0746. The predicted molar refractivity (Wildman–Crippen MR) is 90.5 cm³/mol. The van der Waals surface area contributed by atoms with E-state index in [-0.39, 0.29) is 5.41 Å². The molecule has 0 saturated carbocycles. The summed E-state index contributed by atoms with van der Waals surface area (Å²) in [6, 6.07) is 7.29. The van der Waals surface area contributed by atoms with Crippen LogP contribution in [-0.2, 0) is 15.4 Å². The molecule has 0 bridgehead atoms. The van der Waals surface area contributed by atoms with Crippen LogP contribution in [0.4, 0.5) is 0 Å². The van der Waals surface area contributed by atoms with Crippen LogP contribution in [0.2, 0.25) is 0 Å². The second-order valence-electron chi connectivity index (χ2n) is 6.81. The zero-order valence-electron chi connectivity index (χ0n) is 13.9. The van der Waals surface area contributed by atoms with Crippen LogP contribution in [0.15, 0.2) is 29.2 Å². The molecule has 5 heteroatoms. The molecule has 1 saturated heterocycles. The standard InChI is InChI=1S/C17H28N2O2S/c1-4-17(2,3)15-5-7-16(8-6-15)22(20,21)19-12-10-14-9-11-18-13-14/h5-8,14,18-19H,4,9-13H2,1-3H3. The van der Waals surface area contributed by atoms with Gasteiger partial charge in [0.25, 0.3) is 0 Å². The summed E-state index contributed by atoms with van der Waals surface area (Å²) in [4.78, 5) is 0.354. The maximum Gasteiger partial charge on any atom is 0.240 e. The first kappa shape index (κ1) is 17.4. The third kappa shape index (κ3) is 4.31. The van der Waals surface area contributed by atoms with Crippen molar-refractivity contribution < 1.29 is 8.42 Å². The number of sulfonamides is 1. The van der Waals surface area contributed by atoms with E-state index in [9.17, 15) is 8.42 Å². The Morgan fingerprint density at radius 3 is 2.50 bits per heavy atom. The summed E-state index contributed by atoms with van der Waals surface area (Å²) in [7, 11) is -3.39. The predicted octanol–water partition coefficient (Wildman–Crippen LogP) is 2.65. The van der Waals surface area contributed by atoms with Crippen LogP contribution < -0.4 is 10.0 Å². The van der Waals surface area contributed by atoms with E-state index in [0.29, 0.717) is 17.4 Å². The zero-order valence-corrected chi connectivity index (χ0v) is 14.7. The van der Waals surface area contributed by atoms with Gasteiger partial charge in [0.05, 0.1) is 4.90 Å². The van der Waals surface area contributed by atoms with Gasteiger partial charge in [0, 0.05) is 6.54 Å². The first-order chi connectivity index (χ1) is 10.3. The summed E-state index contributed by atoms with van der Waals surface area (Å²) >= 11 is 0. The monoisotopic (exact) mass is 324 g/mol. The average molecular weight is 324 g/mol. The van der Waals surface area contributed by atoms with Crippen LogP contribution in [0.3, 0.4) is 0 Å². The van der Waals surface area contributed by atoms with Gasteiger partial charge in [0.2, 0.25) is 10.0 Å². The summed E-state index contributed by atoms with van der Waals surface area (Å²) in [5.74, 6) is 0.593. The van der Waals surface area contributed by atoms with Crippen LogP contribution in [-0.4, -0.2) is 28.1 Å². The Balaban J connectivity index is 1.96. The van der Waals surface area contributed by atoms with E-state index in [2.05, 4.69) is 30.8 Å². The topological polar surface area (TPSA) is 58.2 Å². The van der Waals surface area contributed by atoms with Crippen LogP contribution in [0.5, 0.6) is 0 Å². The Bertz CT molecular complexity index is 573. The Hall–Kier alpha value is -0.910. The van der Waals surface area contributed by atoms with E-state index in [0.717, 1.165) is 32.4 Å². The van der Waals surface area contributed by atoms with E-state index in [1.54, 1.807) is 12.1 Å². The van der Waals surface area contributed by atoms with Gasteiger partial charge >= 0.3 is 0 Å². The molecule has 1 aromatic rings. The molecule has 0 radical (unpaired) electrons. The van der Waals surface area contributed by atoms with E-state index in [1.807, 2.05) is 12.1 Å². The smallest absolute Gasteiger partial charge is 0.240 e. The molecule has 22 heavy (non-hydrogen) atoms. The van der Waals surface area contributed by atoms with Gasteiger partial charge in [-0.1, -0.05) is 32.9 Å². The van der Waals surface area contributed by atoms with Gasteiger partial charge in [-0.15, -0.1) is 0 Å². The van der Waals surface area contributed by atoms with Crippen LogP contribution in [0, 0.1) is 5.92 Å². The molecule has 1 heterocycles. The number of benzene rings is 1. The molecule has 1 atom stereocenters. The lowest BCUT2D eigenvalue weighted by atomic mass is 9.82. The Morgan fingerprint density at radius 1 is 1.27 bits per heavy atom. The van der Waals surface area contributed by atoms with Crippen molar-refractivity contribution in [1.29, 1.82) is 0 Å². The minimum Gasteiger partial charge on any atom is -0.316 e. The molecule has 0 aromatic heterocycles. The highest BCUT2D eigenvalue weighted by Crippen LogP contribution is 2.27. The minimum atomic E-state index is -3.39. The maximum absolute atomic E-state index is 12.3. The van der Waals surface area contributed by atoms with Gasteiger partial charge < -0.3 is 5.32 Å². The van der Waals surface area contributed by atoms with Gasteiger partial charge in [-0.05, 0) is 61.4 Å². The maximum atomic E-state index is 12.3. The Morgan fingerprint density at radius 2 is 1.95 bits per heavy atom. The SMILES string of the molecule is CCC(C)(C)c1ccc(S(=O)(=O)NCCC2CCNC2)cc1. The van der Waals surface area contributed by atoms with E-state index in [4.69, 9.17) is 0 Å². The van der Waals surface area contributed by atoms with Crippen molar-refractivity contribution in [2.24, 2.45) is 5.92 Å². The molecule has 124 valence electrons. The molecule has 1 unspecified atom stereocenters. The first-order valence-electron chi connectivity index (χ1n) is 8.16. The van der Waals surface area contributed by atoms with Gasteiger partial charge in [-0.3, -0.25) is 0 Å². The number of hydrogen-bond donors (Lipinski definition) is 2. The average Bonchev–Trinajstić information content (AvgIpc) is 3.00. The van der Waals surface area contributed by atoms with Crippen molar-refractivity contribution in [2.45, 2.75) is 50.3 Å². The fraction of sp³-hybridized carbons (Fsp3) is 0.647. The van der Waals surface area contributed by atoms with E-state index in [1.165, 1.54) is 5.56 Å². The van der Waals surface area contributed by atoms with Crippen LogP contribution in [0.1, 0.15) is 45.6 Å². The molecule has 0 aliphatic carbocycles. The Kier molecular flexibility index (Phi) is 5.64. The molecular formula is C17H28N2O2S. The fourth-order valence-electron chi connectivity index (χ4n) is 2.73. The molecular weight excluding hydrogens is 296 g/mol. The molecule has 2 N–H and O–H groups in total. The van der Waals surface area contributed by atoms with Crippen molar-refractivity contribution in [2.75, 3.05) is 19.6 Å². The third-order valence-electron chi connectivity index (χ3n) is 4.84. The molecule has 0 spiro atoms. The number of hydrogen-bond acceptors (Lipinski definition) is 3. The molecule has 1 fully saturated rings. The quantitative estimate of drug-likeness (QED) is 0.811. The van der Waals surface area contributed by atoms with Gasteiger partial charge in [-0.25, -0.2) is 13.1 Å². The van der Waals surface area contributed by atoms with Crippen LogP contribution >= 0.6 is 0 Å². The van der Waals surface area contributed by atoms with Gasteiger partial charge in [0.15, 0.2) is 0 Å². The molecule has 1 aliphatic rings. The second kappa shape index (κ2) is 7.11. The summed E-state index contributed by atoms with van der Waals surface area (Å²) in [5, 5.41) is 3.30. The van der Waals surface area contributed by atoms with Crippen molar-refractivity contribution in [3.05, 3.63) is 29.8 Å². The van der Waals surface area contributed by atoms with Crippen molar-refractivity contribution in [3.63, 3.8) is 0 Å². The first-order valence-corrected chi connectivity index (χ1v) is 9.64. The second-order valence-corrected chi connectivity index (χ2v) is 8.57. The lowest BCUT2D eigenvalue weighted by Gasteiger charge is -2.23. The largest absolute Gasteiger partial charge is 0.316 e. The van der Waals surface area contributed by atoms with E-state index >= 15 is 0 Å². The highest BCUT2D eigenvalue weighted by molar-refractivity contribution is 7.89. The highest BCUT2D eigenvalue weighted by Gasteiger charge is 2.20. The van der Waals surface area contributed by atoms with Crippen LogP contribution in [0.25, 0.3) is 0 Å². The number of rotatable bonds is 7. The summed E-state index contributed by atoms with van der Waals surface area (Å²) in [5.41, 5.74) is 1.25. The van der Waals surface area contributed by atoms with Crippen molar-refractivity contribution in [3.8, 4) is 0 Å². The molecule has 2 rings (SSSR count). The zero-order chi connectivity index (χ0) is 16.2. The molecule has 1 aromatic carbocycles. The van der Waals surface area contributed by atoms with Crippen molar-refractivity contribution in [1.82, 2.24) is 10.0 Å². The molecule has 0 amide bonds. The lowest BCUT2D eigenvalue weighted by molar-refractivity contribution is 0.505. The third-order valence-corrected chi connectivity index (χ3v) is 6.31. The normalized spacial score (nSPS) is 19.5. The molecule has 4 nitrogen and oxygen atoms in total. The highest BCUT2D eigenvalue weighted by atomic mass is 32.2. The van der Waals surface area contributed by atoms with Gasteiger partial charge in [-0.2, -0.15) is 0 Å². The van der Waals surface area contributed by atoms with Gasteiger partial charge in [0.1, 0.15) is 0 Å². The molecule has 1 aliphatic heterocycles.